The fourth-order valence-electron chi connectivity index (χ4n) is 3.22. The molecule has 4 nitrogen and oxygen atoms in total. The number of amides is 1. The smallest absolute Gasteiger partial charge is 0.258 e. The molecule has 2 N–H and O–H groups in total. The van der Waals surface area contributed by atoms with Crippen LogP contribution in [0.15, 0.2) is 29.6 Å². The first-order valence-electron chi connectivity index (χ1n) is 8.03. The summed E-state index contributed by atoms with van der Waals surface area (Å²) in [5.74, 6) is 0.974. The standard InChI is InChI=1S/C18H21ClN2O2S/c1-23-16-15(11-24-17(16)19)18(22)21-7-5-13(6-8-21)14-4-2-3-12(9-14)10-20/h2-4,9,11,13H,5-8,10,20H2,1H3. The third-order valence-corrected chi connectivity index (χ3v) is 5.76. The van der Waals surface area contributed by atoms with E-state index in [-0.39, 0.29) is 5.91 Å². The van der Waals surface area contributed by atoms with Gasteiger partial charge in [0.2, 0.25) is 0 Å². The van der Waals surface area contributed by atoms with Crippen molar-refractivity contribution in [1.82, 2.24) is 4.90 Å². The summed E-state index contributed by atoms with van der Waals surface area (Å²) in [5, 5.41) is 1.78. The molecule has 1 aromatic heterocycles. The number of halogens is 1. The molecule has 1 saturated heterocycles. The number of likely N-dealkylation sites (tertiary alicyclic amines) is 1. The Hall–Kier alpha value is -1.56. The van der Waals surface area contributed by atoms with Crippen molar-refractivity contribution in [2.24, 2.45) is 5.73 Å². The van der Waals surface area contributed by atoms with Crippen LogP contribution >= 0.6 is 22.9 Å². The van der Waals surface area contributed by atoms with Crippen LogP contribution in [0.3, 0.4) is 0 Å². The Bertz CT molecular complexity index is 724. The number of nitrogens with zero attached hydrogens (tertiary/aromatic N) is 1. The lowest BCUT2D eigenvalue weighted by molar-refractivity contribution is 0.0710. The lowest BCUT2D eigenvalue weighted by atomic mass is 9.88. The number of thiophene rings is 1. The topological polar surface area (TPSA) is 55.6 Å². The molecular formula is C18H21ClN2O2S. The van der Waals surface area contributed by atoms with Gasteiger partial charge in [-0.25, -0.2) is 0 Å². The van der Waals surface area contributed by atoms with Crippen LogP contribution in [0.5, 0.6) is 5.75 Å². The van der Waals surface area contributed by atoms with Crippen molar-refractivity contribution in [3.63, 3.8) is 0 Å². The zero-order chi connectivity index (χ0) is 17.1. The molecule has 0 radical (unpaired) electrons. The molecule has 1 aliphatic rings. The fraction of sp³-hybridized carbons (Fsp3) is 0.389. The van der Waals surface area contributed by atoms with Gasteiger partial charge in [0.05, 0.1) is 12.7 Å². The van der Waals surface area contributed by atoms with Crippen molar-refractivity contribution < 1.29 is 9.53 Å². The third kappa shape index (κ3) is 3.43. The molecule has 128 valence electrons. The summed E-state index contributed by atoms with van der Waals surface area (Å²) in [6.07, 6.45) is 1.92. The Morgan fingerprint density at radius 1 is 1.42 bits per heavy atom. The fourth-order valence-corrected chi connectivity index (χ4v) is 4.26. The molecule has 1 aliphatic heterocycles. The van der Waals surface area contributed by atoms with E-state index < -0.39 is 0 Å². The number of ether oxygens (including phenoxy) is 1. The van der Waals surface area contributed by atoms with E-state index >= 15 is 0 Å². The Morgan fingerprint density at radius 3 is 2.83 bits per heavy atom. The molecule has 24 heavy (non-hydrogen) atoms. The molecule has 1 fully saturated rings. The molecule has 3 rings (SSSR count). The van der Waals surface area contributed by atoms with Crippen molar-refractivity contribution in [3.8, 4) is 5.75 Å². The maximum Gasteiger partial charge on any atom is 0.258 e. The van der Waals surface area contributed by atoms with Gasteiger partial charge < -0.3 is 15.4 Å². The summed E-state index contributed by atoms with van der Waals surface area (Å²) in [7, 11) is 1.54. The number of hydrogen-bond donors (Lipinski definition) is 1. The largest absolute Gasteiger partial charge is 0.493 e. The average Bonchev–Trinajstić information content (AvgIpc) is 3.01. The van der Waals surface area contributed by atoms with Gasteiger partial charge in [0.25, 0.3) is 5.91 Å². The molecule has 2 heterocycles. The number of carbonyl (C=O) groups excluding carboxylic acids is 1. The second kappa shape index (κ2) is 7.55. The zero-order valence-electron chi connectivity index (χ0n) is 13.6. The minimum Gasteiger partial charge on any atom is -0.493 e. The SMILES string of the molecule is COc1c(C(=O)N2CCC(c3cccc(CN)c3)CC2)csc1Cl. The predicted octanol–water partition coefficient (Wildman–Crippen LogP) is 3.89. The van der Waals surface area contributed by atoms with Crippen LogP contribution in [0.2, 0.25) is 4.34 Å². The minimum atomic E-state index is 0.00385. The maximum absolute atomic E-state index is 12.7. The lowest BCUT2D eigenvalue weighted by Crippen LogP contribution is -2.37. The monoisotopic (exact) mass is 364 g/mol. The molecule has 6 heteroatoms. The number of methoxy groups -OCH3 is 1. The third-order valence-electron chi connectivity index (χ3n) is 4.58. The Morgan fingerprint density at radius 2 is 2.17 bits per heavy atom. The van der Waals surface area contributed by atoms with Crippen LogP contribution in [-0.4, -0.2) is 31.0 Å². The molecule has 2 aromatic rings. The summed E-state index contributed by atoms with van der Waals surface area (Å²) in [5.41, 5.74) is 8.77. The highest BCUT2D eigenvalue weighted by molar-refractivity contribution is 7.15. The van der Waals surface area contributed by atoms with Gasteiger partial charge in [0.1, 0.15) is 4.34 Å². The Balaban J connectivity index is 1.67. The van der Waals surface area contributed by atoms with Crippen LogP contribution < -0.4 is 10.5 Å². The lowest BCUT2D eigenvalue weighted by Gasteiger charge is -2.32. The van der Waals surface area contributed by atoms with E-state index in [9.17, 15) is 4.79 Å². The van der Waals surface area contributed by atoms with E-state index in [2.05, 4.69) is 24.3 Å². The van der Waals surface area contributed by atoms with E-state index in [1.165, 1.54) is 16.9 Å². The van der Waals surface area contributed by atoms with Crippen LogP contribution in [0.25, 0.3) is 0 Å². The van der Waals surface area contributed by atoms with Gasteiger partial charge in [0.15, 0.2) is 5.75 Å². The molecule has 1 amide bonds. The van der Waals surface area contributed by atoms with Crippen molar-refractivity contribution in [1.29, 1.82) is 0 Å². The Kier molecular flexibility index (Phi) is 5.43. The molecule has 0 aliphatic carbocycles. The van der Waals surface area contributed by atoms with Crippen LogP contribution in [-0.2, 0) is 6.54 Å². The van der Waals surface area contributed by atoms with Crippen LogP contribution in [0.1, 0.15) is 40.2 Å². The molecule has 1 aromatic carbocycles. The van der Waals surface area contributed by atoms with E-state index in [0.29, 0.717) is 28.1 Å². The molecule has 0 unspecified atom stereocenters. The highest BCUT2D eigenvalue weighted by Gasteiger charge is 2.27. The first kappa shape index (κ1) is 17.3. The normalized spacial score (nSPS) is 15.5. The highest BCUT2D eigenvalue weighted by atomic mass is 35.5. The molecule has 0 atom stereocenters. The summed E-state index contributed by atoms with van der Waals surface area (Å²) in [6, 6.07) is 8.45. The number of nitrogens with two attached hydrogens (primary N) is 1. The van der Waals surface area contributed by atoms with Gasteiger partial charge in [-0.1, -0.05) is 35.9 Å². The maximum atomic E-state index is 12.7. The minimum absolute atomic E-state index is 0.00385. The molecular weight excluding hydrogens is 344 g/mol. The summed E-state index contributed by atoms with van der Waals surface area (Å²) < 4.78 is 5.79. The highest BCUT2D eigenvalue weighted by Crippen LogP contribution is 2.37. The first-order valence-corrected chi connectivity index (χ1v) is 9.29. The van der Waals surface area contributed by atoms with Crippen molar-refractivity contribution in [2.45, 2.75) is 25.3 Å². The predicted molar refractivity (Wildman–Crippen MR) is 98.1 cm³/mol. The van der Waals surface area contributed by atoms with Gasteiger partial charge in [-0.2, -0.15) is 0 Å². The van der Waals surface area contributed by atoms with E-state index in [4.69, 9.17) is 22.1 Å². The summed E-state index contributed by atoms with van der Waals surface area (Å²) >= 11 is 7.40. The van der Waals surface area contributed by atoms with Gasteiger partial charge >= 0.3 is 0 Å². The van der Waals surface area contributed by atoms with Crippen LogP contribution in [0.4, 0.5) is 0 Å². The van der Waals surface area contributed by atoms with E-state index in [0.717, 1.165) is 31.5 Å². The van der Waals surface area contributed by atoms with E-state index in [1.807, 2.05) is 4.90 Å². The second-order valence-corrected chi connectivity index (χ2v) is 7.45. The van der Waals surface area contributed by atoms with Gasteiger partial charge in [-0.15, -0.1) is 11.3 Å². The number of hydrogen-bond acceptors (Lipinski definition) is 4. The average molecular weight is 365 g/mol. The molecule has 0 saturated carbocycles. The number of benzene rings is 1. The Labute approximate surface area is 151 Å². The second-order valence-electron chi connectivity index (χ2n) is 5.97. The van der Waals surface area contributed by atoms with Crippen LogP contribution in [0, 0.1) is 0 Å². The number of piperidine rings is 1. The van der Waals surface area contributed by atoms with Crippen molar-refractivity contribution in [2.75, 3.05) is 20.2 Å². The number of carbonyl (C=O) groups is 1. The van der Waals surface area contributed by atoms with Gasteiger partial charge in [-0.3, -0.25) is 4.79 Å². The van der Waals surface area contributed by atoms with Gasteiger partial charge in [-0.05, 0) is 29.9 Å². The number of rotatable bonds is 4. The summed E-state index contributed by atoms with van der Waals surface area (Å²) in [4.78, 5) is 14.6. The zero-order valence-corrected chi connectivity index (χ0v) is 15.2. The quantitative estimate of drug-likeness (QED) is 0.895. The summed E-state index contributed by atoms with van der Waals surface area (Å²) in [6.45, 7) is 2.05. The first-order chi connectivity index (χ1) is 11.6. The van der Waals surface area contributed by atoms with Crippen molar-refractivity contribution in [3.05, 3.63) is 50.7 Å². The van der Waals surface area contributed by atoms with Crippen molar-refractivity contribution >= 4 is 28.8 Å². The van der Waals surface area contributed by atoms with E-state index in [1.54, 1.807) is 12.5 Å². The molecule has 0 spiro atoms. The van der Waals surface area contributed by atoms with Gasteiger partial charge in [0, 0.05) is 25.0 Å². The molecule has 0 bridgehead atoms.